The fourth-order valence-electron chi connectivity index (χ4n) is 1.34. The van der Waals surface area contributed by atoms with E-state index in [1.165, 1.54) is 13.3 Å². The largest absolute Gasteiger partial charge is 0.481 e. The van der Waals surface area contributed by atoms with Crippen molar-refractivity contribution >= 4 is 11.6 Å². The predicted octanol–water partition coefficient (Wildman–Crippen LogP) is 0.963. The minimum atomic E-state index is -0.234. The number of amides is 1. The molecule has 1 amide bonds. The summed E-state index contributed by atoms with van der Waals surface area (Å²) in [5, 5.41) is 6.31. The summed E-state index contributed by atoms with van der Waals surface area (Å²) >= 11 is 0. The van der Waals surface area contributed by atoms with Crippen LogP contribution in [-0.4, -0.2) is 28.1 Å². The maximum Gasteiger partial charge on any atom is 0.232 e. The van der Waals surface area contributed by atoms with Gasteiger partial charge < -0.3 is 14.6 Å². The summed E-state index contributed by atoms with van der Waals surface area (Å²) in [6.07, 6.45) is 1.57. The Morgan fingerprint density at radius 1 is 1.50 bits per heavy atom. The third-order valence-electron chi connectivity index (χ3n) is 2.12. The van der Waals surface area contributed by atoms with Gasteiger partial charge in [0.1, 0.15) is 0 Å². The van der Waals surface area contributed by atoms with Crippen molar-refractivity contribution in [2.75, 3.05) is 12.4 Å². The van der Waals surface area contributed by atoms with Crippen LogP contribution in [0.5, 0.6) is 5.88 Å². The van der Waals surface area contributed by atoms with Crippen LogP contribution in [0.4, 0.5) is 5.69 Å². The van der Waals surface area contributed by atoms with Gasteiger partial charge in [-0.05, 0) is 6.07 Å². The van der Waals surface area contributed by atoms with E-state index in [9.17, 15) is 4.79 Å². The third kappa shape index (κ3) is 3.03. The van der Waals surface area contributed by atoms with E-state index in [1.807, 2.05) is 0 Å². The first kappa shape index (κ1) is 12.0. The number of rotatable bonds is 4. The van der Waals surface area contributed by atoms with E-state index in [0.717, 1.165) is 0 Å². The van der Waals surface area contributed by atoms with Crippen molar-refractivity contribution in [1.29, 1.82) is 0 Å². The van der Waals surface area contributed by atoms with E-state index in [2.05, 4.69) is 20.4 Å². The van der Waals surface area contributed by atoms with Gasteiger partial charge in [-0.15, -0.1) is 0 Å². The lowest BCUT2D eigenvalue weighted by molar-refractivity contribution is -0.115. The van der Waals surface area contributed by atoms with Gasteiger partial charge in [0, 0.05) is 13.0 Å². The maximum atomic E-state index is 11.7. The molecule has 0 aliphatic heterocycles. The molecule has 0 atom stereocenters. The first-order chi connectivity index (χ1) is 8.67. The van der Waals surface area contributed by atoms with Gasteiger partial charge in [-0.3, -0.25) is 4.79 Å². The lowest BCUT2D eigenvalue weighted by Gasteiger charge is -2.03. The zero-order chi connectivity index (χ0) is 13.0. The van der Waals surface area contributed by atoms with Gasteiger partial charge in [0.2, 0.25) is 17.7 Å². The van der Waals surface area contributed by atoms with Crippen LogP contribution in [0.1, 0.15) is 11.7 Å². The van der Waals surface area contributed by atoms with Crippen LogP contribution in [0.15, 0.2) is 22.9 Å². The molecule has 2 rings (SSSR count). The number of anilines is 1. The summed E-state index contributed by atoms with van der Waals surface area (Å²) in [5.74, 6) is 1.04. The lowest BCUT2D eigenvalue weighted by atomic mass is 10.3. The molecule has 94 valence electrons. The number of methoxy groups -OCH3 is 1. The number of nitrogens with one attached hydrogen (secondary N) is 1. The van der Waals surface area contributed by atoms with Crippen molar-refractivity contribution in [3.8, 4) is 5.88 Å². The van der Waals surface area contributed by atoms with Crippen molar-refractivity contribution in [2.24, 2.45) is 0 Å². The molecule has 0 aliphatic carbocycles. The van der Waals surface area contributed by atoms with Crippen molar-refractivity contribution in [2.45, 2.75) is 13.3 Å². The molecule has 2 aromatic rings. The monoisotopic (exact) mass is 248 g/mol. The molecule has 0 saturated heterocycles. The zero-order valence-corrected chi connectivity index (χ0v) is 10.0. The summed E-state index contributed by atoms with van der Waals surface area (Å²) in [4.78, 5) is 19.6. The molecule has 18 heavy (non-hydrogen) atoms. The Labute approximate surface area is 103 Å². The summed E-state index contributed by atoms with van der Waals surface area (Å²) in [5.41, 5.74) is 0.584. The molecular weight excluding hydrogens is 236 g/mol. The molecule has 0 bridgehead atoms. The van der Waals surface area contributed by atoms with Crippen LogP contribution < -0.4 is 10.1 Å². The molecule has 0 aromatic carbocycles. The van der Waals surface area contributed by atoms with Crippen molar-refractivity contribution in [3.63, 3.8) is 0 Å². The molecule has 0 spiro atoms. The number of aryl methyl sites for hydroxylation is 1. The van der Waals surface area contributed by atoms with Crippen LogP contribution in [0.2, 0.25) is 0 Å². The second-order valence-electron chi connectivity index (χ2n) is 3.54. The summed E-state index contributed by atoms with van der Waals surface area (Å²) in [6, 6.07) is 3.36. The van der Waals surface area contributed by atoms with E-state index in [1.54, 1.807) is 19.1 Å². The number of ether oxygens (including phenoxy) is 1. The topological polar surface area (TPSA) is 90.1 Å². The Balaban J connectivity index is 1.94. The Hall–Kier alpha value is -2.44. The van der Waals surface area contributed by atoms with Gasteiger partial charge in [-0.1, -0.05) is 5.16 Å². The van der Waals surface area contributed by atoms with Gasteiger partial charge in [-0.2, -0.15) is 4.98 Å². The van der Waals surface area contributed by atoms with E-state index < -0.39 is 0 Å². The first-order valence-electron chi connectivity index (χ1n) is 5.26. The average Bonchev–Trinajstić information content (AvgIpc) is 2.75. The molecule has 2 heterocycles. The van der Waals surface area contributed by atoms with Crippen molar-refractivity contribution < 1.29 is 14.1 Å². The minimum absolute atomic E-state index is 0.0589. The average molecular weight is 248 g/mol. The molecule has 2 aromatic heterocycles. The number of carbonyl (C=O) groups is 1. The molecule has 1 N–H and O–H groups in total. The number of pyridine rings is 1. The summed E-state index contributed by atoms with van der Waals surface area (Å²) < 4.78 is 9.69. The smallest absolute Gasteiger partial charge is 0.232 e. The highest BCUT2D eigenvalue weighted by atomic mass is 16.5. The number of aromatic nitrogens is 3. The Kier molecular flexibility index (Phi) is 3.52. The van der Waals surface area contributed by atoms with Crippen LogP contribution in [-0.2, 0) is 11.2 Å². The van der Waals surface area contributed by atoms with Crippen molar-refractivity contribution in [1.82, 2.24) is 15.1 Å². The number of hydrogen-bond acceptors (Lipinski definition) is 6. The van der Waals surface area contributed by atoms with Gasteiger partial charge in [0.05, 0.1) is 25.4 Å². The van der Waals surface area contributed by atoms with E-state index in [0.29, 0.717) is 23.3 Å². The minimum Gasteiger partial charge on any atom is -0.481 e. The highest BCUT2D eigenvalue weighted by Gasteiger charge is 2.09. The zero-order valence-electron chi connectivity index (χ0n) is 10.0. The molecular formula is C11H12N4O3. The lowest BCUT2D eigenvalue weighted by Crippen LogP contribution is -2.15. The van der Waals surface area contributed by atoms with E-state index in [-0.39, 0.29) is 12.3 Å². The highest BCUT2D eigenvalue weighted by Crippen LogP contribution is 2.11. The first-order valence-corrected chi connectivity index (χ1v) is 5.26. The Bertz CT molecular complexity index is 535. The molecule has 7 heteroatoms. The summed E-state index contributed by atoms with van der Waals surface area (Å²) in [7, 11) is 1.53. The van der Waals surface area contributed by atoms with Crippen LogP contribution in [0, 0.1) is 6.92 Å². The van der Waals surface area contributed by atoms with Gasteiger partial charge >= 0.3 is 0 Å². The standard InChI is InChI=1S/C11H12N4O3/c1-7-13-9(15-18-7)5-10(16)14-8-3-4-11(17-2)12-6-8/h3-4,6H,5H2,1-2H3,(H,14,16). The molecule has 0 fully saturated rings. The van der Waals surface area contributed by atoms with Gasteiger partial charge in [0.15, 0.2) is 5.82 Å². The SMILES string of the molecule is COc1ccc(NC(=O)Cc2noc(C)n2)cn1. The third-order valence-corrected chi connectivity index (χ3v) is 2.12. The highest BCUT2D eigenvalue weighted by molar-refractivity contribution is 5.91. The molecule has 7 nitrogen and oxygen atoms in total. The second kappa shape index (κ2) is 5.26. The predicted molar refractivity (Wildman–Crippen MR) is 62.2 cm³/mol. The quantitative estimate of drug-likeness (QED) is 0.866. The van der Waals surface area contributed by atoms with Gasteiger partial charge in [-0.25, -0.2) is 4.98 Å². The molecule has 0 saturated carbocycles. The Morgan fingerprint density at radius 2 is 2.33 bits per heavy atom. The molecule has 0 radical (unpaired) electrons. The summed E-state index contributed by atoms with van der Waals surface area (Å²) in [6.45, 7) is 1.67. The molecule has 0 aliphatic rings. The Morgan fingerprint density at radius 3 is 2.89 bits per heavy atom. The fourth-order valence-corrected chi connectivity index (χ4v) is 1.34. The van der Waals surface area contributed by atoms with E-state index in [4.69, 9.17) is 9.26 Å². The maximum absolute atomic E-state index is 11.7. The van der Waals surface area contributed by atoms with Crippen LogP contribution in [0.3, 0.4) is 0 Å². The van der Waals surface area contributed by atoms with E-state index >= 15 is 0 Å². The molecule has 0 unspecified atom stereocenters. The van der Waals surface area contributed by atoms with Gasteiger partial charge in [0.25, 0.3) is 0 Å². The fraction of sp³-hybridized carbons (Fsp3) is 0.273. The number of hydrogen-bond donors (Lipinski definition) is 1. The normalized spacial score (nSPS) is 10.1. The number of nitrogens with zero attached hydrogens (tertiary/aromatic N) is 3. The van der Waals surface area contributed by atoms with Crippen LogP contribution >= 0.6 is 0 Å². The number of carbonyl (C=O) groups excluding carboxylic acids is 1. The van der Waals surface area contributed by atoms with Crippen LogP contribution in [0.25, 0.3) is 0 Å². The second-order valence-corrected chi connectivity index (χ2v) is 3.54. The van der Waals surface area contributed by atoms with Crippen molar-refractivity contribution in [3.05, 3.63) is 30.0 Å².